The summed E-state index contributed by atoms with van der Waals surface area (Å²) in [5, 5.41) is 2.61. The van der Waals surface area contributed by atoms with E-state index in [1.165, 1.54) is 18.4 Å². The van der Waals surface area contributed by atoms with Crippen LogP contribution in [0.4, 0.5) is 5.69 Å². The lowest BCUT2D eigenvalue weighted by Crippen LogP contribution is -2.29. The molecule has 0 unspecified atom stereocenters. The molecule has 7 nitrogen and oxygen atoms in total. The molecular formula is C23H30N6O. The fourth-order valence-electron chi connectivity index (χ4n) is 3.72. The molecule has 1 aliphatic rings. The fourth-order valence-corrected chi connectivity index (χ4v) is 3.72. The molecule has 1 aliphatic heterocycles. The normalized spacial score (nSPS) is 16.5. The van der Waals surface area contributed by atoms with E-state index in [1.807, 2.05) is 26.8 Å². The first-order valence-electron chi connectivity index (χ1n) is 10.2. The van der Waals surface area contributed by atoms with Crippen LogP contribution in [0.1, 0.15) is 47.0 Å². The molecule has 1 saturated heterocycles. The van der Waals surface area contributed by atoms with Crippen LogP contribution in [0.2, 0.25) is 0 Å². The number of carbonyl (C=O) groups excluding carboxylic acids is 1. The number of piperidine rings is 1. The van der Waals surface area contributed by atoms with Crippen molar-refractivity contribution in [3.8, 4) is 0 Å². The molecule has 3 N–H and O–H groups in total. The largest absolute Gasteiger partial charge is 0.396 e. The number of aryl methyl sites for hydroxylation is 3. The molecule has 0 aliphatic carbocycles. The summed E-state index contributed by atoms with van der Waals surface area (Å²) in [6, 6.07) is 6.33. The summed E-state index contributed by atoms with van der Waals surface area (Å²) >= 11 is 0. The zero-order chi connectivity index (χ0) is 21.7. The molecule has 0 saturated carbocycles. The first-order valence-corrected chi connectivity index (χ1v) is 10.2. The Kier molecular flexibility index (Phi) is 6.95. The number of likely N-dealkylation sites (tertiary alicyclic amines) is 1. The monoisotopic (exact) mass is 406 g/mol. The molecule has 1 aromatic heterocycles. The molecule has 7 heteroatoms. The summed E-state index contributed by atoms with van der Waals surface area (Å²) in [6.45, 7) is 8.04. The van der Waals surface area contributed by atoms with Gasteiger partial charge in [-0.1, -0.05) is 12.1 Å². The second kappa shape index (κ2) is 9.63. The number of benzene rings is 1. The summed E-state index contributed by atoms with van der Waals surface area (Å²) in [6.07, 6.45) is 6.28. The molecule has 0 spiro atoms. The van der Waals surface area contributed by atoms with Gasteiger partial charge in [-0.3, -0.25) is 14.8 Å². The van der Waals surface area contributed by atoms with E-state index in [-0.39, 0.29) is 0 Å². The molecule has 0 radical (unpaired) electrons. The maximum atomic E-state index is 11.1. The molecule has 2 aromatic rings. The smallest absolute Gasteiger partial charge is 0.212 e. The first kappa shape index (κ1) is 21.6. The fraction of sp³-hybridized carbons (Fsp3) is 0.391. The number of amidine groups is 1. The SMILES string of the molecule is Cc1cnc(C=C(N)C(=Nc2ccc(C3CCN(C)CC3)cc2C)NC=O)c(C)n1. The van der Waals surface area contributed by atoms with Crippen LogP contribution in [-0.4, -0.2) is 47.3 Å². The van der Waals surface area contributed by atoms with E-state index in [0.29, 0.717) is 29.6 Å². The molecule has 0 atom stereocenters. The van der Waals surface area contributed by atoms with Crippen LogP contribution in [0, 0.1) is 20.8 Å². The van der Waals surface area contributed by atoms with Gasteiger partial charge in [-0.2, -0.15) is 0 Å². The van der Waals surface area contributed by atoms with Gasteiger partial charge in [0.1, 0.15) is 0 Å². The summed E-state index contributed by atoms with van der Waals surface area (Å²) < 4.78 is 0. The number of hydrogen-bond acceptors (Lipinski definition) is 6. The lowest BCUT2D eigenvalue weighted by atomic mass is 9.88. The quantitative estimate of drug-likeness (QED) is 0.452. The van der Waals surface area contributed by atoms with E-state index >= 15 is 0 Å². The van der Waals surface area contributed by atoms with E-state index < -0.39 is 0 Å². The number of nitrogens with zero attached hydrogens (tertiary/aromatic N) is 4. The summed E-state index contributed by atoms with van der Waals surface area (Å²) in [5.74, 6) is 0.875. The van der Waals surface area contributed by atoms with Crippen LogP contribution < -0.4 is 11.1 Å². The second-order valence-electron chi connectivity index (χ2n) is 7.93. The van der Waals surface area contributed by atoms with Gasteiger partial charge in [0.2, 0.25) is 6.41 Å². The maximum Gasteiger partial charge on any atom is 0.212 e. The highest BCUT2D eigenvalue weighted by atomic mass is 16.1. The molecule has 3 rings (SSSR count). The minimum atomic E-state index is 0.293. The Morgan fingerprint density at radius 2 is 2.00 bits per heavy atom. The van der Waals surface area contributed by atoms with Crippen molar-refractivity contribution < 1.29 is 4.79 Å². The van der Waals surface area contributed by atoms with E-state index in [1.54, 1.807) is 12.3 Å². The molecule has 1 aromatic carbocycles. The van der Waals surface area contributed by atoms with Crippen molar-refractivity contribution in [2.24, 2.45) is 10.7 Å². The molecule has 2 heterocycles. The van der Waals surface area contributed by atoms with Gasteiger partial charge >= 0.3 is 0 Å². The Labute approximate surface area is 178 Å². The minimum absolute atomic E-state index is 0.293. The molecule has 30 heavy (non-hydrogen) atoms. The molecule has 1 fully saturated rings. The number of nitrogens with two attached hydrogens (primary N) is 1. The second-order valence-corrected chi connectivity index (χ2v) is 7.93. The zero-order valence-electron chi connectivity index (χ0n) is 18.1. The third-order valence-electron chi connectivity index (χ3n) is 5.51. The average molecular weight is 407 g/mol. The maximum absolute atomic E-state index is 11.1. The van der Waals surface area contributed by atoms with Crippen molar-refractivity contribution in [1.29, 1.82) is 0 Å². The Bertz CT molecular complexity index is 974. The van der Waals surface area contributed by atoms with Gasteiger partial charge < -0.3 is 16.0 Å². The van der Waals surface area contributed by atoms with Crippen molar-refractivity contribution in [3.63, 3.8) is 0 Å². The van der Waals surface area contributed by atoms with E-state index in [2.05, 4.69) is 44.4 Å². The number of carbonyl (C=O) groups is 1. The van der Waals surface area contributed by atoms with Gasteiger partial charge in [0.15, 0.2) is 5.84 Å². The number of aliphatic imine (C=N–C) groups is 1. The average Bonchev–Trinajstić information content (AvgIpc) is 2.71. The number of rotatable bonds is 5. The van der Waals surface area contributed by atoms with Crippen molar-refractivity contribution >= 4 is 24.0 Å². The van der Waals surface area contributed by atoms with Crippen molar-refractivity contribution in [2.45, 2.75) is 39.5 Å². The Morgan fingerprint density at radius 3 is 2.63 bits per heavy atom. The first-order chi connectivity index (χ1) is 14.4. The third-order valence-corrected chi connectivity index (χ3v) is 5.51. The number of nitrogens with one attached hydrogen (secondary N) is 1. The van der Waals surface area contributed by atoms with Gasteiger partial charge in [0.05, 0.1) is 28.5 Å². The van der Waals surface area contributed by atoms with E-state index in [0.717, 1.165) is 35.7 Å². The summed E-state index contributed by atoms with van der Waals surface area (Å²) in [4.78, 5) is 26.9. The molecule has 1 amide bonds. The van der Waals surface area contributed by atoms with Crippen LogP contribution >= 0.6 is 0 Å². The molecule has 158 valence electrons. The van der Waals surface area contributed by atoms with Crippen LogP contribution in [-0.2, 0) is 4.79 Å². The lowest BCUT2D eigenvalue weighted by Gasteiger charge is -2.29. The predicted molar refractivity (Wildman–Crippen MR) is 121 cm³/mol. The van der Waals surface area contributed by atoms with E-state index in [9.17, 15) is 4.79 Å². The minimum Gasteiger partial charge on any atom is -0.396 e. The van der Waals surface area contributed by atoms with Crippen LogP contribution in [0.25, 0.3) is 6.08 Å². The highest BCUT2D eigenvalue weighted by molar-refractivity contribution is 6.06. The van der Waals surface area contributed by atoms with Crippen LogP contribution in [0.3, 0.4) is 0 Å². The summed E-state index contributed by atoms with van der Waals surface area (Å²) in [5.41, 5.74) is 12.0. The van der Waals surface area contributed by atoms with Gasteiger partial charge in [-0.25, -0.2) is 4.99 Å². The van der Waals surface area contributed by atoms with Crippen molar-refractivity contribution in [2.75, 3.05) is 20.1 Å². The lowest BCUT2D eigenvalue weighted by molar-refractivity contribution is -0.108. The van der Waals surface area contributed by atoms with Gasteiger partial charge in [-0.05, 0) is 82.9 Å². The summed E-state index contributed by atoms with van der Waals surface area (Å²) in [7, 11) is 2.17. The van der Waals surface area contributed by atoms with Gasteiger partial charge in [0, 0.05) is 6.20 Å². The standard InChI is InChI=1S/C23H30N6O/c1-15-11-19(18-7-9-29(4)10-8-18)5-6-21(15)28-23(26-14-30)20(24)12-22-17(3)27-16(2)13-25-22/h5-6,11-14,18H,7-10,24H2,1-4H3,(H,26,28,30). The van der Waals surface area contributed by atoms with Gasteiger partial charge in [-0.15, -0.1) is 0 Å². The third kappa shape index (κ3) is 5.30. The van der Waals surface area contributed by atoms with Crippen LogP contribution in [0.15, 0.2) is 35.1 Å². The zero-order valence-corrected chi connectivity index (χ0v) is 18.1. The Balaban J connectivity index is 1.87. The van der Waals surface area contributed by atoms with E-state index in [4.69, 9.17) is 5.73 Å². The highest BCUT2D eigenvalue weighted by Gasteiger charge is 2.19. The number of amides is 1. The number of hydrogen-bond donors (Lipinski definition) is 2. The predicted octanol–water partition coefficient (Wildman–Crippen LogP) is 2.99. The topological polar surface area (TPSA) is 96.5 Å². The number of aromatic nitrogens is 2. The molecular weight excluding hydrogens is 376 g/mol. The molecule has 0 bridgehead atoms. The Morgan fingerprint density at radius 1 is 1.27 bits per heavy atom. The van der Waals surface area contributed by atoms with Crippen LogP contribution in [0.5, 0.6) is 0 Å². The highest BCUT2D eigenvalue weighted by Crippen LogP contribution is 2.31. The van der Waals surface area contributed by atoms with Crippen molar-refractivity contribution in [1.82, 2.24) is 20.2 Å². The van der Waals surface area contributed by atoms with Gasteiger partial charge in [0.25, 0.3) is 0 Å². The Hall–Kier alpha value is -3.06. The van der Waals surface area contributed by atoms with Crippen molar-refractivity contribution in [3.05, 3.63) is 58.3 Å².